The van der Waals surface area contributed by atoms with Crippen molar-refractivity contribution in [2.45, 2.75) is 6.92 Å². The molecule has 0 aliphatic heterocycles. The van der Waals surface area contributed by atoms with E-state index in [9.17, 15) is 9.59 Å². The van der Waals surface area contributed by atoms with Gasteiger partial charge < -0.3 is 25.1 Å². The molecule has 3 N–H and O–H groups in total. The molecular weight excluding hydrogens is 462 g/mol. The molecule has 184 valence electrons. The summed E-state index contributed by atoms with van der Waals surface area (Å²) >= 11 is 0. The molecule has 11 heteroatoms. The number of nitrogen functional groups attached to an aromatic ring is 1. The second-order valence-electron chi connectivity index (χ2n) is 7.77. The SMILES string of the molecule is CCNC(=O)c1ccc(-c2cnc(N)c(-c3cn(C)c(=O)c(-c4cc(OC)cc(OC)c4)n3)n2)cn1. The number of ether oxygens (including phenoxy) is 2. The van der Waals surface area contributed by atoms with Gasteiger partial charge in [-0.05, 0) is 31.2 Å². The number of amides is 1. The van der Waals surface area contributed by atoms with Gasteiger partial charge in [0.25, 0.3) is 11.5 Å². The summed E-state index contributed by atoms with van der Waals surface area (Å²) in [5, 5.41) is 2.70. The van der Waals surface area contributed by atoms with Crippen LogP contribution in [0.15, 0.2) is 53.7 Å². The van der Waals surface area contributed by atoms with Gasteiger partial charge in [0.15, 0.2) is 5.82 Å². The molecule has 0 saturated carbocycles. The lowest BCUT2D eigenvalue weighted by molar-refractivity contribution is 0.0951. The van der Waals surface area contributed by atoms with Crippen LogP contribution in [0, 0.1) is 0 Å². The van der Waals surface area contributed by atoms with Crippen LogP contribution in [0.3, 0.4) is 0 Å². The van der Waals surface area contributed by atoms with Crippen molar-refractivity contribution in [3.63, 3.8) is 0 Å². The van der Waals surface area contributed by atoms with Gasteiger partial charge in [-0.25, -0.2) is 15.0 Å². The van der Waals surface area contributed by atoms with Gasteiger partial charge in [0.2, 0.25) is 0 Å². The molecule has 0 fully saturated rings. The van der Waals surface area contributed by atoms with E-state index in [-0.39, 0.29) is 23.0 Å². The standard InChI is InChI=1S/C25H25N7O4/c1-5-27-24(33)18-7-6-14(11-28-18)19-12-29-23(26)22(30-19)20-13-32(2)25(34)21(31-20)15-8-16(35-3)10-17(9-15)36-4/h6-13H,5H2,1-4H3,(H2,26,29)(H,27,33). The molecule has 3 aromatic heterocycles. The van der Waals surface area contributed by atoms with Crippen molar-refractivity contribution in [3.8, 4) is 45.4 Å². The molecule has 36 heavy (non-hydrogen) atoms. The van der Waals surface area contributed by atoms with E-state index in [4.69, 9.17) is 15.2 Å². The van der Waals surface area contributed by atoms with Crippen molar-refractivity contribution in [2.24, 2.45) is 7.05 Å². The van der Waals surface area contributed by atoms with Crippen LogP contribution >= 0.6 is 0 Å². The lowest BCUT2D eigenvalue weighted by Crippen LogP contribution is -2.23. The molecule has 0 saturated heterocycles. The summed E-state index contributed by atoms with van der Waals surface area (Å²) in [6, 6.07) is 8.43. The molecule has 0 aliphatic carbocycles. The molecule has 0 spiro atoms. The zero-order valence-corrected chi connectivity index (χ0v) is 20.3. The molecule has 0 atom stereocenters. The number of aryl methyl sites for hydroxylation is 1. The first kappa shape index (κ1) is 24.3. The van der Waals surface area contributed by atoms with Gasteiger partial charge in [0.05, 0.1) is 26.1 Å². The zero-order chi connectivity index (χ0) is 25.8. The predicted octanol–water partition coefficient (Wildman–Crippen LogP) is 2.32. The number of hydrogen-bond donors (Lipinski definition) is 2. The summed E-state index contributed by atoms with van der Waals surface area (Å²) in [5.41, 5.74) is 8.59. The van der Waals surface area contributed by atoms with Crippen LogP contribution in [0.5, 0.6) is 11.5 Å². The zero-order valence-electron chi connectivity index (χ0n) is 20.3. The van der Waals surface area contributed by atoms with Crippen LogP contribution in [0.1, 0.15) is 17.4 Å². The highest BCUT2D eigenvalue weighted by atomic mass is 16.5. The number of carbonyl (C=O) groups excluding carboxylic acids is 1. The molecule has 3 heterocycles. The molecule has 0 aliphatic rings. The summed E-state index contributed by atoms with van der Waals surface area (Å²) in [4.78, 5) is 42.7. The monoisotopic (exact) mass is 487 g/mol. The second-order valence-corrected chi connectivity index (χ2v) is 7.77. The number of aromatic nitrogens is 5. The highest BCUT2D eigenvalue weighted by Gasteiger charge is 2.17. The van der Waals surface area contributed by atoms with E-state index in [0.29, 0.717) is 51.9 Å². The van der Waals surface area contributed by atoms with Gasteiger partial charge in [-0.2, -0.15) is 0 Å². The number of nitrogens with one attached hydrogen (secondary N) is 1. The average Bonchev–Trinajstić information content (AvgIpc) is 2.90. The smallest absolute Gasteiger partial charge is 0.276 e. The van der Waals surface area contributed by atoms with Gasteiger partial charge in [-0.3, -0.25) is 14.6 Å². The highest BCUT2D eigenvalue weighted by Crippen LogP contribution is 2.29. The first-order chi connectivity index (χ1) is 17.3. The minimum Gasteiger partial charge on any atom is -0.497 e. The average molecular weight is 488 g/mol. The Labute approximate surface area is 207 Å². The minimum absolute atomic E-state index is 0.144. The number of nitrogens with two attached hydrogens (primary N) is 1. The summed E-state index contributed by atoms with van der Waals surface area (Å²) in [6.07, 6.45) is 4.60. The Hall–Kier alpha value is -4.80. The van der Waals surface area contributed by atoms with Crippen molar-refractivity contribution < 1.29 is 14.3 Å². The third-order valence-electron chi connectivity index (χ3n) is 5.37. The summed E-state index contributed by atoms with van der Waals surface area (Å²) in [7, 11) is 4.67. The van der Waals surface area contributed by atoms with Crippen LogP contribution in [0.25, 0.3) is 33.9 Å². The summed E-state index contributed by atoms with van der Waals surface area (Å²) in [5.74, 6) is 0.919. The van der Waals surface area contributed by atoms with Crippen molar-refractivity contribution >= 4 is 11.7 Å². The Morgan fingerprint density at radius 2 is 1.67 bits per heavy atom. The molecule has 0 radical (unpaired) electrons. The third kappa shape index (κ3) is 4.85. The Morgan fingerprint density at radius 3 is 2.28 bits per heavy atom. The molecule has 1 amide bonds. The molecule has 0 bridgehead atoms. The molecule has 1 aromatic carbocycles. The van der Waals surface area contributed by atoms with Crippen molar-refractivity contribution in [2.75, 3.05) is 26.5 Å². The normalized spacial score (nSPS) is 10.7. The lowest BCUT2D eigenvalue weighted by Gasteiger charge is -2.12. The first-order valence-electron chi connectivity index (χ1n) is 11.0. The Balaban J connectivity index is 1.79. The van der Waals surface area contributed by atoms with Crippen LogP contribution in [0.4, 0.5) is 5.82 Å². The number of pyridine rings is 1. The van der Waals surface area contributed by atoms with E-state index in [1.165, 1.54) is 31.2 Å². The lowest BCUT2D eigenvalue weighted by atomic mass is 10.1. The van der Waals surface area contributed by atoms with Gasteiger partial charge in [-0.1, -0.05) is 0 Å². The minimum atomic E-state index is -0.318. The van der Waals surface area contributed by atoms with Gasteiger partial charge in [0.1, 0.15) is 34.3 Å². The number of methoxy groups -OCH3 is 2. The number of hydrogen-bond acceptors (Lipinski definition) is 9. The summed E-state index contributed by atoms with van der Waals surface area (Å²) < 4.78 is 12.1. The highest BCUT2D eigenvalue weighted by molar-refractivity contribution is 5.92. The van der Waals surface area contributed by atoms with Crippen LogP contribution in [0.2, 0.25) is 0 Å². The maximum Gasteiger partial charge on any atom is 0.276 e. The van der Waals surface area contributed by atoms with Crippen molar-refractivity contribution in [1.82, 2.24) is 29.8 Å². The van der Waals surface area contributed by atoms with Crippen LogP contribution < -0.4 is 26.1 Å². The molecule has 11 nitrogen and oxygen atoms in total. The molecule has 4 rings (SSSR count). The predicted molar refractivity (Wildman–Crippen MR) is 135 cm³/mol. The van der Waals surface area contributed by atoms with Gasteiger partial charge in [-0.15, -0.1) is 0 Å². The second kappa shape index (κ2) is 10.2. The maximum absolute atomic E-state index is 13.0. The molecule has 0 unspecified atom stereocenters. The van der Waals surface area contributed by atoms with E-state index in [1.807, 2.05) is 6.92 Å². The quantitative estimate of drug-likeness (QED) is 0.401. The number of anilines is 1. The van der Waals surface area contributed by atoms with Gasteiger partial charge in [0, 0.05) is 43.2 Å². The van der Waals surface area contributed by atoms with Crippen molar-refractivity contribution in [3.05, 3.63) is 65.0 Å². The van der Waals surface area contributed by atoms with E-state index in [2.05, 4.69) is 25.3 Å². The number of nitrogens with zero attached hydrogens (tertiary/aromatic N) is 5. The fraction of sp³-hybridized carbons (Fsp3) is 0.200. The number of carbonyl (C=O) groups is 1. The van der Waals surface area contributed by atoms with E-state index >= 15 is 0 Å². The van der Waals surface area contributed by atoms with Gasteiger partial charge >= 0.3 is 0 Å². The fourth-order valence-electron chi connectivity index (χ4n) is 3.51. The first-order valence-corrected chi connectivity index (χ1v) is 11.0. The Bertz CT molecular complexity index is 1460. The van der Waals surface area contributed by atoms with E-state index in [1.54, 1.807) is 43.6 Å². The Morgan fingerprint density at radius 1 is 0.972 bits per heavy atom. The summed E-state index contributed by atoms with van der Waals surface area (Å²) in [6.45, 7) is 2.34. The molecular formula is C25H25N7O4. The van der Waals surface area contributed by atoms with E-state index in [0.717, 1.165) is 0 Å². The third-order valence-corrected chi connectivity index (χ3v) is 5.37. The number of rotatable bonds is 7. The number of benzene rings is 1. The van der Waals surface area contributed by atoms with Crippen LogP contribution in [-0.4, -0.2) is 51.2 Å². The topological polar surface area (TPSA) is 147 Å². The Kier molecular flexibility index (Phi) is 6.91. The van der Waals surface area contributed by atoms with E-state index < -0.39 is 0 Å². The maximum atomic E-state index is 13.0. The molecule has 4 aromatic rings. The largest absolute Gasteiger partial charge is 0.497 e. The van der Waals surface area contributed by atoms with Crippen LogP contribution in [-0.2, 0) is 7.05 Å². The fourth-order valence-corrected chi connectivity index (χ4v) is 3.51. The van der Waals surface area contributed by atoms with Crippen molar-refractivity contribution in [1.29, 1.82) is 0 Å².